The van der Waals surface area contributed by atoms with Crippen LogP contribution in [0.2, 0.25) is 0 Å². The highest BCUT2D eigenvalue weighted by atomic mass is 16.4. The maximum Gasteiger partial charge on any atom is 0.306 e. The molecule has 4 nitrogen and oxygen atoms in total. The second kappa shape index (κ2) is 4.43. The van der Waals surface area contributed by atoms with Gasteiger partial charge in [0.05, 0.1) is 12.2 Å². The number of likely N-dealkylation sites (tertiary alicyclic amines) is 1. The van der Waals surface area contributed by atoms with Crippen LogP contribution >= 0.6 is 0 Å². The van der Waals surface area contributed by atoms with Crippen LogP contribution in [0.4, 0.5) is 0 Å². The SMILES string of the molecule is CC(C(=O)O)C1CN(C2CCCc3occc32)C1. The molecule has 2 aliphatic rings. The van der Waals surface area contributed by atoms with E-state index in [2.05, 4.69) is 11.0 Å². The first-order chi connectivity index (χ1) is 8.66. The standard InChI is InChI=1S/C14H19NO3/c1-9(14(16)17)10-7-15(8-10)12-3-2-4-13-11(12)5-6-18-13/h5-6,9-10,12H,2-4,7-8H2,1H3,(H,16,17). The van der Waals surface area contributed by atoms with Crippen molar-refractivity contribution in [3.8, 4) is 0 Å². The number of hydrogen-bond donors (Lipinski definition) is 1. The minimum Gasteiger partial charge on any atom is -0.481 e. The van der Waals surface area contributed by atoms with Crippen LogP contribution in [0.1, 0.15) is 37.1 Å². The summed E-state index contributed by atoms with van der Waals surface area (Å²) in [6, 6.07) is 2.53. The Morgan fingerprint density at radius 2 is 2.33 bits per heavy atom. The van der Waals surface area contributed by atoms with Crippen LogP contribution in [0.3, 0.4) is 0 Å². The molecule has 0 bridgehead atoms. The monoisotopic (exact) mass is 249 g/mol. The van der Waals surface area contributed by atoms with Crippen molar-refractivity contribution >= 4 is 5.97 Å². The summed E-state index contributed by atoms with van der Waals surface area (Å²) >= 11 is 0. The van der Waals surface area contributed by atoms with E-state index in [0.29, 0.717) is 12.0 Å². The second-order valence-electron chi connectivity index (χ2n) is 5.55. The van der Waals surface area contributed by atoms with Gasteiger partial charge >= 0.3 is 5.97 Å². The maximum atomic E-state index is 10.9. The zero-order valence-corrected chi connectivity index (χ0v) is 10.6. The van der Waals surface area contributed by atoms with E-state index in [1.165, 1.54) is 18.4 Å². The van der Waals surface area contributed by atoms with Gasteiger partial charge in [0.1, 0.15) is 5.76 Å². The molecule has 1 aromatic heterocycles. The van der Waals surface area contributed by atoms with Crippen molar-refractivity contribution in [1.82, 2.24) is 4.90 Å². The van der Waals surface area contributed by atoms with Gasteiger partial charge in [-0.3, -0.25) is 9.69 Å². The Balaban J connectivity index is 1.65. The molecule has 0 spiro atoms. The third-order valence-electron chi connectivity index (χ3n) is 4.50. The maximum absolute atomic E-state index is 10.9. The van der Waals surface area contributed by atoms with Gasteiger partial charge in [-0.25, -0.2) is 0 Å². The van der Waals surface area contributed by atoms with Gasteiger partial charge in [0.2, 0.25) is 0 Å². The number of aliphatic carboxylic acids is 1. The van der Waals surface area contributed by atoms with Gasteiger partial charge in [0.25, 0.3) is 0 Å². The number of hydrogen-bond acceptors (Lipinski definition) is 3. The number of furan rings is 1. The fraction of sp³-hybridized carbons (Fsp3) is 0.643. The molecule has 0 radical (unpaired) electrons. The molecule has 2 unspecified atom stereocenters. The molecule has 2 heterocycles. The number of carboxylic acids is 1. The van der Waals surface area contributed by atoms with Crippen molar-refractivity contribution in [2.75, 3.05) is 13.1 Å². The molecule has 0 amide bonds. The largest absolute Gasteiger partial charge is 0.481 e. The van der Waals surface area contributed by atoms with Crippen LogP contribution in [0, 0.1) is 11.8 Å². The summed E-state index contributed by atoms with van der Waals surface area (Å²) in [5.74, 6) is 0.529. The van der Waals surface area contributed by atoms with E-state index in [-0.39, 0.29) is 5.92 Å². The predicted octanol–water partition coefficient (Wildman–Crippen LogP) is 2.31. The normalized spacial score (nSPS) is 26.4. The van der Waals surface area contributed by atoms with Crippen molar-refractivity contribution < 1.29 is 14.3 Å². The molecule has 0 saturated carbocycles. The number of aryl methyl sites for hydroxylation is 1. The summed E-state index contributed by atoms with van der Waals surface area (Å²) < 4.78 is 5.50. The second-order valence-corrected chi connectivity index (χ2v) is 5.55. The Morgan fingerprint density at radius 1 is 1.56 bits per heavy atom. The molecule has 1 aliphatic heterocycles. The van der Waals surface area contributed by atoms with Crippen LogP contribution in [0.25, 0.3) is 0 Å². The first-order valence-corrected chi connectivity index (χ1v) is 6.70. The van der Waals surface area contributed by atoms with Crippen molar-refractivity contribution in [2.45, 2.75) is 32.2 Å². The van der Waals surface area contributed by atoms with Gasteiger partial charge in [-0.2, -0.15) is 0 Å². The van der Waals surface area contributed by atoms with Crippen LogP contribution in [-0.2, 0) is 11.2 Å². The van der Waals surface area contributed by atoms with Crippen molar-refractivity contribution in [2.24, 2.45) is 11.8 Å². The lowest BCUT2D eigenvalue weighted by atomic mass is 9.82. The molecule has 2 atom stereocenters. The number of carboxylic acid groups (broad SMARTS) is 1. The van der Waals surface area contributed by atoms with Crippen LogP contribution in [-0.4, -0.2) is 29.1 Å². The summed E-state index contributed by atoms with van der Waals surface area (Å²) in [6.45, 7) is 3.62. The number of fused-ring (bicyclic) bond motifs is 1. The van der Waals surface area contributed by atoms with Crippen molar-refractivity contribution in [3.63, 3.8) is 0 Å². The van der Waals surface area contributed by atoms with E-state index in [1.807, 2.05) is 6.92 Å². The summed E-state index contributed by atoms with van der Waals surface area (Å²) in [4.78, 5) is 13.3. The quantitative estimate of drug-likeness (QED) is 0.893. The van der Waals surface area contributed by atoms with Crippen molar-refractivity contribution in [1.29, 1.82) is 0 Å². The summed E-state index contributed by atoms with van der Waals surface area (Å²) in [5, 5.41) is 9.01. The molecule has 1 N–H and O–H groups in total. The Bertz CT molecular complexity index is 448. The Kier molecular flexibility index (Phi) is 2.90. The highest BCUT2D eigenvalue weighted by Crippen LogP contribution is 2.39. The molecule has 0 aromatic carbocycles. The topological polar surface area (TPSA) is 53.7 Å². The van der Waals surface area contributed by atoms with E-state index in [0.717, 1.165) is 25.3 Å². The predicted molar refractivity (Wildman–Crippen MR) is 66.2 cm³/mol. The molecule has 18 heavy (non-hydrogen) atoms. The molecule has 3 rings (SSSR count). The molecule has 1 fully saturated rings. The molecular weight excluding hydrogens is 230 g/mol. The van der Waals surface area contributed by atoms with E-state index < -0.39 is 5.97 Å². The van der Waals surface area contributed by atoms with E-state index >= 15 is 0 Å². The molecule has 1 saturated heterocycles. The smallest absolute Gasteiger partial charge is 0.306 e. The summed E-state index contributed by atoms with van der Waals surface area (Å²) in [5.41, 5.74) is 1.32. The highest BCUT2D eigenvalue weighted by molar-refractivity contribution is 5.70. The third-order valence-corrected chi connectivity index (χ3v) is 4.50. The Morgan fingerprint density at radius 3 is 3.06 bits per heavy atom. The summed E-state index contributed by atoms with van der Waals surface area (Å²) in [7, 11) is 0. The average molecular weight is 249 g/mol. The van der Waals surface area contributed by atoms with Gasteiger partial charge in [-0.15, -0.1) is 0 Å². The first kappa shape index (κ1) is 11.8. The first-order valence-electron chi connectivity index (χ1n) is 6.70. The van der Waals surface area contributed by atoms with Crippen molar-refractivity contribution in [3.05, 3.63) is 23.7 Å². The van der Waals surface area contributed by atoms with Gasteiger partial charge in [-0.1, -0.05) is 6.92 Å². The van der Waals surface area contributed by atoms with Crippen LogP contribution in [0.5, 0.6) is 0 Å². The molecule has 98 valence electrons. The minimum atomic E-state index is -0.674. The molecule has 1 aromatic rings. The van der Waals surface area contributed by atoms with E-state index in [4.69, 9.17) is 9.52 Å². The van der Waals surface area contributed by atoms with E-state index in [1.54, 1.807) is 6.26 Å². The fourth-order valence-electron chi connectivity index (χ4n) is 3.16. The van der Waals surface area contributed by atoms with Gasteiger partial charge < -0.3 is 9.52 Å². The Labute approximate surface area is 107 Å². The highest BCUT2D eigenvalue weighted by Gasteiger charge is 2.40. The van der Waals surface area contributed by atoms with Gasteiger partial charge in [0.15, 0.2) is 0 Å². The number of carbonyl (C=O) groups is 1. The lowest BCUT2D eigenvalue weighted by Gasteiger charge is -2.46. The molecular formula is C14H19NO3. The minimum absolute atomic E-state index is 0.228. The van der Waals surface area contributed by atoms with Gasteiger partial charge in [-0.05, 0) is 24.8 Å². The average Bonchev–Trinajstić information content (AvgIpc) is 2.75. The zero-order valence-electron chi connectivity index (χ0n) is 10.6. The third kappa shape index (κ3) is 1.85. The number of rotatable bonds is 3. The molecule has 4 heteroatoms. The zero-order chi connectivity index (χ0) is 12.7. The number of nitrogens with zero attached hydrogens (tertiary/aromatic N) is 1. The summed E-state index contributed by atoms with van der Waals surface area (Å²) in [6.07, 6.45) is 5.16. The fourth-order valence-corrected chi connectivity index (χ4v) is 3.16. The Hall–Kier alpha value is -1.29. The lowest BCUT2D eigenvalue weighted by Crippen LogP contribution is -2.52. The van der Waals surface area contributed by atoms with E-state index in [9.17, 15) is 4.79 Å². The van der Waals surface area contributed by atoms with Gasteiger partial charge in [0, 0.05) is 31.1 Å². The van der Waals surface area contributed by atoms with Crippen LogP contribution < -0.4 is 0 Å². The molecule has 1 aliphatic carbocycles. The van der Waals surface area contributed by atoms with Crippen LogP contribution in [0.15, 0.2) is 16.7 Å². The lowest BCUT2D eigenvalue weighted by molar-refractivity contribution is -0.146.